The molecule has 1 unspecified atom stereocenters. The Bertz CT molecular complexity index is 465. The molecule has 1 aliphatic carbocycles. The van der Waals surface area contributed by atoms with Gasteiger partial charge < -0.3 is 10.6 Å². The largest absolute Gasteiger partial charge is 0.340 e. The molecule has 2 aliphatic rings. The van der Waals surface area contributed by atoms with E-state index in [0.29, 0.717) is 5.91 Å². The molecule has 2 N–H and O–H groups in total. The minimum Gasteiger partial charge on any atom is -0.340 e. The first kappa shape index (κ1) is 13.6. The van der Waals surface area contributed by atoms with E-state index in [9.17, 15) is 4.79 Å². The average molecular weight is 272 g/mol. The number of benzene rings is 1. The van der Waals surface area contributed by atoms with E-state index in [0.717, 1.165) is 51.6 Å². The zero-order valence-corrected chi connectivity index (χ0v) is 12.1. The van der Waals surface area contributed by atoms with Crippen molar-refractivity contribution in [3.63, 3.8) is 0 Å². The van der Waals surface area contributed by atoms with E-state index in [1.165, 1.54) is 5.56 Å². The summed E-state index contributed by atoms with van der Waals surface area (Å²) in [7, 11) is 0. The quantitative estimate of drug-likeness (QED) is 0.899. The average Bonchev–Trinajstić information content (AvgIpc) is 2.98. The van der Waals surface area contributed by atoms with E-state index in [4.69, 9.17) is 5.73 Å². The van der Waals surface area contributed by atoms with Crippen LogP contribution in [0.2, 0.25) is 0 Å². The Morgan fingerprint density at radius 3 is 2.50 bits per heavy atom. The first-order valence-corrected chi connectivity index (χ1v) is 7.83. The summed E-state index contributed by atoms with van der Waals surface area (Å²) >= 11 is 0. The van der Waals surface area contributed by atoms with Crippen molar-refractivity contribution in [2.45, 2.75) is 50.0 Å². The fourth-order valence-corrected chi connectivity index (χ4v) is 3.86. The van der Waals surface area contributed by atoms with Crippen molar-refractivity contribution in [3.8, 4) is 0 Å². The Balaban J connectivity index is 1.89. The second kappa shape index (κ2) is 5.57. The summed E-state index contributed by atoms with van der Waals surface area (Å²) in [5, 5.41) is 0. The van der Waals surface area contributed by atoms with Crippen molar-refractivity contribution in [1.82, 2.24) is 4.90 Å². The van der Waals surface area contributed by atoms with Gasteiger partial charge in [0.25, 0.3) is 0 Å². The summed E-state index contributed by atoms with van der Waals surface area (Å²) in [6.07, 6.45) is 6.37. The number of rotatable bonds is 2. The Kier molecular flexibility index (Phi) is 3.79. The van der Waals surface area contributed by atoms with Crippen molar-refractivity contribution in [2.24, 2.45) is 5.73 Å². The molecule has 1 aromatic rings. The highest BCUT2D eigenvalue weighted by Gasteiger charge is 2.45. The Hall–Kier alpha value is -1.35. The number of carbonyl (C=O) groups excluding carboxylic acids is 1. The van der Waals surface area contributed by atoms with E-state index in [1.54, 1.807) is 0 Å². The number of carbonyl (C=O) groups is 1. The molecule has 3 nitrogen and oxygen atoms in total. The lowest BCUT2D eigenvalue weighted by atomic mass is 9.77. The van der Waals surface area contributed by atoms with Crippen molar-refractivity contribution >= 4 is 5.91 Å². The molecule has 3 heteroatoms. The van der Waals surface area contributed by atoms with Crippen LogP contribution in [0.15, 0.2) is 30.3 Å². The van der Waals surface area contributed by atoms with E-state index in [2.05, 4.69) is 12.1 Å². The molecule has 20 heavy (non-hydrogen) atoms. The normalized spacial score (nSPS) is 25.6. The van der Waals surface area contributed by atoms with Gasteiger partial charge in [0.05, 0.1) is 5.41 Å². The zero-order chi connectivity index (χ0) is 14.0. The molecule has 0 bridgehead atoms. The van der Waals surface area contributed by atoms with Gasteiger partial charge in [-0.25, -0.2) is 0 Å². The van der Waals surface area contributed by atoms with Crippen LogP contribution in [-0.2, 0) is 10.2 Å². The highest BCUT2D eigenvalue weighted by atomic mass is 16.2. The first-order valence-electron chi connectivity index (χ1n) is 7.83. The highest BCUT2D eigenvalue weighted by Crippen LogP contribution is 2.42. The molecule has 0 aromatic heterocycles. The number of likely N-dealkylation sites (tertiary alicyclic amines) is 1. The SMILES string of the molecule is NC1CCCN(C(=O)C2(c3ccccc3)CCCC2)C1. The second-order valence-corrected chi connectivity index (χ2v) is 6.31. The zero-order valence-electron chi connectivity index (χ0n) is 12.1. The number of nitrogens with two attached hydrogens (primary N) is 1. The van der Waals surface area contributed by atoms with Gasteiger partial charge in [0.2, 0.25) is 5.91 Å². The third kappa shape index (κ3) is 2.35. The molecule has 1 amide bonds. The molecule has 1 aliphatic heterocycles. The summed E-state index contributed by atoms with van der Waals surface area (Å²) < 4.78 is 0. The molecular weight excluding hydrogens is 248 g/mol. The van der Waals surface area contributed by atoms with Gasteiger partial charge in [0.1, 0.15) is 0 Å². The lowest BCUT2D eigenvalue weighted by Gasteiger charge is -2.38. The maximum atomic E-state index is 13.1. The van der Waals surface area contributed by atoms with Crippen LogP contribution in [-0.4, -0.2) is 29.9 Å². The van der Waals surface area contributed by atoms with E-state index >= 15 is 0 Å². The third-order valence-electron chi connectivity index (χ3n) is 4.94. The minimum atomic E-state index is -0.279. The molecule has 1 heterocycles. The first-order chi connectivity index (χ1) is 9.72. The Morgan fingerprint density at radius 1 is 1.15 bits per heavy atom. The monoisotopic (exact) mass is 272 g/mol. The maximum absolute atomic E-state index is 13.1. The fourth-order valence-electron chi connectivity index (χ4n) is 3.86. The van der Waals surface area contributed by atoms with Gasteiger partial charge in [-0.05, 0) is 31.2 Å². The number of nitrogens with zero attached hydrogens (tertiary/aromatic N) is 1. The maximum Gasteiger partial charge on any atom is 0.233 e. The van der Waals surface area contributed by atoms with Crippen LogP contribution in [0.1, 0.15) is 44.1 Å². The molecule has 3 rings (SSSR count). The lowest BCUT2D eigenvalue weighted by molar-refractivity contribution is -0.138. The molecule has 1 saturated heterocycles. The summed E-state index contributed by atoms with van der Waals surface area (Å²) in [4.78, 5) is 15.2. The summed E-state index contributed by atoms with van der Waals surface area (Å²) in [5.74, 6) is 0.316. The van der Waals surface area contributed by atoms with Gasteiger partial charge in [0, 0.05) is 19.1 Å². The lowest BCUT2D eigenvalue weighted by Crippen LogP contribution is -2.52. The number of hydrogen-bond acceptors (Lipinski definition) is 2. The Morgan fingerprint density at radius 2 is 1.85 bits per heavy atom. The molecule has 2 fully saturated rings. The van der Waals surface area contributed by atoms with Crippen LogP contribution >= 0.6 is 0 Å². The topological polar surface area (TPSA) is 46.3 Å². The molecule has 1 aromatic carbocycles. The minimum absolute atomic E-state index is 0.155. The predicted molar refractivity (Wildman–Crippen MR) is 80.4 cm³/mol. The number of piperidine rings is 1. The number of hydrogen-bond donors (Lipinski definition) is 1. The van der Waals surface area contributed by atoms with Gasteiger partial charge >= 0.3 is 0 Å². The van der Waals surface area contributed by atoms with Gasteiger partial charge in [-0.2, -0.15) is 0 Å². The van der Waals surface area contributed by atoms with Gasteiger partial charge in [0.15, 0.2) is 0 Å². The van der Waals surface area contributed by atoms with E-state index in [1.807, 2.05) is 23.1 Å². The summed E-state index contributed by atoms with van der Waals surface area (Å²) in [6, 6.07) is 10.5. The van der Waals surface area contributed by atoms with Crippen molar-refractivity contribution in [1.29, 1.82) is 0 Å². The molecular formula is C17H24N2O. The molecule has 108 valence electrons. The number of amides is 1. The van der Waals surface area contributed by atoms with Crippen LogP contribution in [0.5, 0.6) is 0 Å². The second-order valence-electron chi connectivity index (χ2n) is 6.31. The summed E-state index contributed by atoms with van der Waals surface area (Å²) in [5.41, 5.74) is 6.97. The van der Waals surface area contributed by atoms with Crippen LogP contribution in [0, 0.1) is 0 Å². The van der Waals surface area contributed by atoms with E-state index in [-0.39, 0.29) is 11.5 Å². The van der Waals surface area contributed by atoms with Crippen LogP contribution in [0.4, 0.5) is 0 Å². The standard InChI is InChI=1S/C17H24N2O/c18-15-9-6-12-19(13-15)16(20)17(10-4-5-11-17)14-7-2-1-3-8-14/h1-3,7-8,15H,4-6,9-13,18H2. The van der Waals surface area contributed by atoms with Crippen molar-refractivity contribution < 1.29 is 4.79 Å². The van der Waals surface area contributed by atoms with Crippen molar-refractivity contribution in [3.05, 3.63) is 35.9 Å². The van der Waals surface area contributed by atoms with Crippen molar-refractivity contribution in [2.75, 3.05) is 13.1 Å². The van der Waals surface area contributed by atoms with Crippen LogP contribution in [0.25, 0.3) is 0 Å². The third-order valence-corrected chi connectivity index (χ3v) is 4.94. The highest BCUT2D eigenvalue weighted by molar-refractivity contribution is 5.88. The predicted octanol–water partition coefficient (Wildman–Crippen LogP) is 2.45. The van der Waals surface area contributed by atoms with Gasteiger partial charge in [-0.3, -0.25) is 4.79 Å². The Labute approximate surface area is 121 Å². The van der Waals surface area contributed by atoms with Crippen LogP contribution in [0.3, 0.4) is 0 Å². The molecule has 0 radical (unpaired) electrons. The molecule has 1 atom stereocenters. The molecule has 0 spiro atoms. The van der Waals surface area contributed by atoms with Crippen LogP contribution < -0.4 is 5.73 Å². The summed E-state index contributed by atoms with van der Waals surface area (Å²) in [6.45, 7) is 1.61. The van der Waals surface area contributed by atoms with Gasteiger partial charge in [-0.1, -0.05) is 43.2 Å². The van der Waals surface area contributed by atoms with E-state index < -0.39 is 0 Å². The van der Waals surface area contributed by atoms with Gasteiger partial charge in [-0.15, -0.1) is 0 Å². The molecule has 1 saturated carbocycles. The smallest absolute Gasteiger partial charge is 0.233 e. The fraction of sp³-hybridized carbons (Fsp3) is 0.588.